The second kappa shape index (κ2) is 8.13. The van der Waals surface area contributed by atoms with E-state index in [1.165, 1.54) is 28.9 Å². The average molecular weight is 510 g/mol. The number of anilines is 2. The van der Waals surface area contributed by atoms with E-state index < -0.39 is 23.0 Å². The molecule has 2 atom stereocenters. The average Bonchev–Trinajstić information content (AvgIpc) is 3.62. The molecule has 4 heterocycles. The summed E-state index contributed by atoms with van der Waals surface area (Å²) >= 11 is 1.51. The van der Waals surface area contributed by atoms with Gasteiger partial charge in [-0.1, -0.05) is 6.07 Å². The van der Waals surface area contributed by atoms with E-state index in [0.29, 0.717) is 24.5 Å². The van der Waals surface area contributed by atoms with E-state index in [2.05, 4.69) is 14.9 Å². The zero-order valence-electron chi connectivity index (χ0n) is 18.6. The molecule has 1 aliphatic carbocycles. The number of carbonyl (C=O) groups excluding carboxylic acids is 1. The van der Waals surface area contributed by atoms with Crippen molar-refractivity contribution in [1.29, 1.82) is 5.26 Å². The molecule has 1 spiro atoms. The number of rotatable bonds is 4. The summed E-state index contributed by atoms with van der Waals surface area (Å²) in [6, 6.07) is 15.1. The maximum atomic E-state index is 13.8. The van der Waals surface area contributed by atoms with E-state index in [1.54, 1.807) is 18.3 Å². The summed E-state index contributed by atoms with van der Waals surface area (Å²) in [4.78, 5) is 25.3. The Morgan fingerprint density at radius 1 is 1.08 bits per heavy atom. The lowest BCUT2D eigenvalue weighted by molar-refractivity contribution is -0.138. The largest absolute Gasteiger partial charge is 0.439 e. The molecule has 6 rings (SSSR count). The van der Waals surface area contributed by atoms with Crippen molar-refractivity contribution >= 4 is 29.0 Å². The Balaban J connectivity index is 1.31. The number of alkyl halides is 3. The van der Waals surface area contributed by atoms with Gasteiger partial charge in [0.1, 0.15) is 28.1 Å². The van der Waals surface area contributed by atoms with Crippen molar-refractivity contribution in [2.45, 2.75) is 41.7 Å². The molecular formula is C25H18F3N5O2S. The van der Waals surface area contributed by atoms with Gasteiger partial charge in [0.05, 0.1) is 17.4 Å². The highest BCUT2D eigenvalue weighted by Crippen LogP contribution is 2.59. The van der Waals surface area contributed by atoms with E-state index >= 15 is 0 Å². The molecule has 1 saturated carbocycles. The maximum absolute atomic E-state index is 13.8. The third-order valence-electron chi connectivity index (χ3n) is 6.75. The predicted molar refractivity (Wildman–Crippen MR) is 126 cm³/mol. The number of carbonyl (C=O) groups is 1. The van der Waals surface area contributed by atoms with Crippen LogP contribution in [0.5, 0.6) is 11.6 Å². The van der Waals surface area contributed by atoms with Gasteiger partial charge >= 0.3 is 6.18 Å². The number of pyridine rings is 2. The highest BCUT2D eigenvalue weighted by atomic mass is 32.2. The van der Waals surface area contributed by atoms with Gasteiger partial charge in [0.15, 0.2) is 5.69 Å². The number of nitriles is 1. The molecule has 36 heavy (non-hydrogen) atoms. The first-order valence-corrected chi connectivity index (χ1v) is 12.2. The SMILES string of the molecule is N#Cc1ncc(N2C(=O)C3(CCC3)N(c3ccc(Oc4ccccn4)cc3)C3SC32)cc1C(F)(F)F. The van der Waals surface area contributed by atoms with Crippen LogP contribution in [0.15, 0.2) is 60.9 Å². The second-order valence-corrected chi connectivity index (χ2v) is 10.0. The van der Waals surface area contributed by atoms with Crippen LogP contribution in [0.2, 0.25) is 0 Å². The van der Waals surface area contributed by atoms with Gasteiger partial charge in [-0.25, -0.2) is 9.97 Å². The first kappa shape index (κ1) is 22.7. The van der Waals surface area contributed by atoms with Crippen LogP contribution in [-0.4, -0.2) is 32.2 Å². The Labute approximate surface area is 208 Å². The lowest BCUT2D eigenvalue weighted by Gasteiger charge is -2.54. The third-order valence-corrected chi connectivity index (χ3v) is 7.93. The quantitative estimate of drug-likeness (QED) is 0.440. The molecule has 182 valence electrons. The van der Waals surface area contributed by atoms with Crippen molar-refractivity contribution in [2.24, 2.45) is 0 Å². The molecule has 3 fully saturated rings. The minimum absolute atomic E-state index is 0.0661. The van der Waals surface area contributed by atoms with Crippen LogP contribution in [0.4, 0.5) is 24.5 Å². The summed E-state index contributed by atoms with van der Waals surface area (Å²) in [5.74, 6) is 0.832. The molecule has 2 aliphatic heterocycles. The molecule has 2 saturated heterocycles. The molecular weight excluding hydrogens is 491 g/mol. The number of ether oxygens (including phenoxy) is 1. The highest BCUT2D eigenvalue weighted by molar-refractivity contribution is 8.08. The van der Waals surface area contributed by atoms with Crippen LogP contribution >= 0.6 is 11.8 Å². The van der Waals surface area contributed by atoms with E-state index in [-0.39, 0.29) is 22.3 Å². The summed E-state index contributed by atoms with van der Waals surface area (Å²) in [6.07, 6.45) is 0.136. The topological polar surface area (TPSA) is 82.4 Å². The normalized spacial score (nSPS) is 22.0. The standard InChI is InChI=1S/C25H18F3N5O2S/c26-25(27,28)18-12-16(14-31-19(18)13-29)32-21-22(36-21)33(24(23(32)34)9-3-10-24)15-5-7-17(8-6-15)35-20-4-1-2-11-30-20/h1-2,4-8,11-12,14,21-22H,3,9-10H2. The van der Waals surface area contributed by atoms with Gasteiger partial charge in [0.25, 0.3) is 5.91 Å². The van der Waals surface area contributed by atoms with Crippen LogP contribution in [0.1, 0.15) is 30.5 Å². The van der Waals surface area contributed by atoms with Crippen LogP contribution in [0.25, 0.3) is 0 Å². The predicted octanol–water partition coefficient (Wildman–Crippen LogP) is 5.33. The fourth-order valence-electron chi connectivity index (χ4n) is 4.88. The van der Waals surface area contributed by atoms with Crippen LogP contribution in [0, 0.1) is 11.3 Å². The number of hydrogen-bond acceptors (Lipinski definition) is 7. The lowest BCUT2D eigenvalue weighted by Crippen LogP contribution is -2.69. The summed E-state index contributed by atoms with van der Waals surface area (Å²) in [5, 5.41) is 8.63. The molecule has 3 aliphatic rings. The summed E-state index contributed by atoms with van der Waals surface area (Å²) in [7, 11) is 0. The van der Waals surface area contributed by atoms with Crippen LogP contribution in [-0.2, 0) is 11.0 Å². The van der Waals surface area contributed by atoms with Gasteiger partial charge in [-0.3, -0.25) is 9.69 Å². The molecule has 2 unspecified atom stereocenters. The first-order valence-electron chi connectivity index (χ1n) is 11.3. The molecule has 0 bridgehead atoms. The third kappa shape index (κ3) is 3.55. The molecule has 7 nitrogen and oxygen atoms in total. The number of hydrogen-bond donors (Lipinski definition) is 0. The molecule has 3 aromatic rings. The number of fused-ring (bicyclic) bond motifs is 1. The first-order chi connectivity index (χ1) is 17.3. The van der Waals surface area contributed by atoms with Crippen LogP contribution < -0.4 is 14.5 Å². The Kier molecular flexibility index (Phi) is 5.12. The van der Waals surface area contributed by atoms with Gasteiger partial charge < -0.3 is 9.64 Å². The summed E-state index contributed by atoms with van der Waals surface area (Å²) in [6.45, 7) is 0. The van der Waals surface area contributed by atoms with Gasteiger partial charge in [-0.05, 0) is 55.7 Å². The van der Waals surface area contributed by atoms with Gasteiger partial charge in [-0.15, -0.1) is 11.8 Å². The van der Waals surface area contributed by atoms with E-state index in [1.807, 2.05) is 30.3 Å². The van der Waals surface area contributed by atoms with Crippen molar-refractivity contribution in [2.75, 3.05) is 9.80 Å². The van der Waals surface area contributed by atoms with Gasteiger partial charge in [0.2, 0.25) is 5.88 Å². The zero-order valence-corrected chi connectivity index (χ0v) is 19.5. The van der Waals surface area contributed by atoms with Crippen molar-refractivity contribution in [3.05, 3.63) is 72.2 Å². The van der Waals surface area contributed by atoms with Gasteiger partial charge in [0, 0.05) is 18.0 Å². The monoisotopic (exact) mass is 509 g/mol. The van der Waals surface area contributed by atoms with Crippen molar-refractivity contribution in [3.8, 4) is 17.7 Å². The second-order valence-electron chi connectivity index (χ2n) is 8.81. The maximum Gasteiger partial charge on any atom is 0.419 e. The Bertz CT molecular complexity index is 1370. The minimum Gasteiger partial charge on any atom is -0.439 e. The molecule has 2 aromatic heterocycles. The number of benzene rings is 1. The zero-order chi connectivity index (χ0) is 25.1. The molecule has 0 radical (unpaired) electrons. The van der Waals surface area contributed by atoms with E-state index in [4.69, 9.17) is 10.00 Å². The number of aromatic nitrogens is 2. The lowest BCUT2D eigenvalue weighted by atomic mass is 9.72. The van der Waals surface area contributed by atoms with Crippen molar-refractivity contribution in [1.82, 2.24) is 9.97 Å². The van der Waals surface area contributed by atoms with Crippen LogP contribution in [0.3, 0.4) is 0 Å². The highest BCUT2D eigenvalue weighted by Gasteiger charge is 2.66. The van der Waals surface area contributed by atoms with E-state index in [9.17, 15) is 18.0 Å². The number of thioether (sulfide) groups is 1. The Hall–Kier alpha value is -3.78. The Morgan fingerprint density at radius 3 is 2.47 bits per heavy atom. The smallest absolute Gasteiger partial charge is 0.419 e. The fraction of sp³-hybridized carbons (Fsp3) is 0.280. The number of halogens is 3. The minimum atomic E-state index is -4.75. The molecule has 1 amide bonds. The molecule has 11 heteroatoms. The number of nitrogens with zero attached hydrogens (tertiary/aromatic N) is 5. The molecule has 0 N–H and O–H groups in total. The number of amides is 1. The summed E-state index contributed by atoms with van der Waals surface area (Å²) in [5.41, 5.74) is -1.75. The van der Waals surface area contributed by atoms with E-state index in [0.717, 1.165) is 18.2 Å². The van der Waals surface area contributed by atoms with Crippen molar-refractivity contribution in [3.63, 3.8) is 0 Å². The van der Waals surface area contributed by atoms with Gasteiger partial charge in [-0.2, -0.15) is 18.4 Å². The van der Waals surface area contributed by atoms with Crippen molar-refractivity contribution < 1.29 is 22.7 Å². The molecule has 1 aromatic carbocycles. The number of piperazine rings is 1. The fourth-order valence-corrected chi connectivity index (χ4v) is 6.10. The summed E-state index contributed by atoms with van der Waals surface area (Å²) < 4.78 is 46.4. The Morgan fingerprint density at radius 2 is 1.86 bits per heavy atom.